The molecule has 0 aliphatic carbocycles. The normalized spacial score (nSPS) is 19.1. The summed E-state index contributed by atoms with van der Waals surface area (Å²) in [6.45, 7) is 6.96. The van der Waals surface area contributed by atoms with Gasteiger partial charge in [-0.15, -0.1) is 5.10 Å². The number of rotatable bonds is 4. The van der Waals surface area contributed by atoms with E-state index in [2.05, 4.69) is 22.0 Å². The monoisotopic (exact) mass is 277 g/mol. The van der Waals surface area contributed by atoms with Crippen LogP contribution in [-0.4, -0.2) is 33.9 Å². The lowest BCUT2D eigenvalue weighted by atomic mass is 9.99. The zero-order valence-electron chi connectivity index (χ0n) is 12.5. The minimum absolute atomic E-state index is 0.327. The van der Waals surface area contributed by atoms with Crippen LogP contribution in [0.25, 0.3) is 0 Å². The van der Waals surface area contributed by atoms with E-state index in [1.54, 1.807) is 0 Å². The molecule has 0 amide bonds. The minimum Gasteiger partial charge on any atom is -0.478 e. The van der Waals surface area contributed by atoms with Gasteiger partial charge in [-0.25, -0.2) is 4.79 Å². The molecule has 1 aliphatic heterocycles. The van der Waals surface area contributed by atoms with Crippen molar-refractivity contribution < 1.29 is 9.90 Å². The summed E-state index contributed by atoms with van der Waals surface area (Å²) >= 11 is 0. The molecular formula is C15H23N3O2. The smallest absolute Gasteiger partial charge is 0.339 e. The number of carboxylic acids is 1. The molecule has 1 N–H and O–H groups in total. The maximum Gasteiger partial charge on any atom is 0.339 e. The van der Waals surface area contributed by atoms with Gasteiger partial charge in [-0.1, -0.05) is 13.8 Å². The van der Waals surface area contributed by atoms with Crippen molar-refractivity contribution in [2.75, 3.05) is 11.4 Å². The van der Waals surface area contributed by atoms with Crippen LogP contribution >= 0.6 is 0 Å². The largest absolute Gasteiger partial charge is 0.478 e. The molecule has 110 valence electrons. The van der Waals surface area contributed by atoms with E-state index in [9.17, 15) is 9.90 Å². The van der Waals surface area contributed by atoms with Gasteiger partial charge in [0.05, 0.1) is 5.69 Å². The highest BCUT2D eigenvalue weighted by atomic mass is 16.4. The number of piperidine rings is 1. The van der Waals surface area contributed by atoms with Gasteiger partial charge in [0.15, 0.2) is 5.82 Å². The average Bonchev–Trinajstić information content (AvgIpc) is 2.46. The van der Waals surface area contributed by atoms with Crippen molar-refractivity contribution in [3.05, 3.63) is 16.8 Å². The molecule has 1 unspecified atom stereocenters. The molecule has 1 saturated heterocycles. The Morgan fingerprint density at radius 1 is 1.30 bits per heavy atom. The number of aromatic nitrogens is 2. The number of aromatic carboxylic acids is 1. The predicted octanol–water partition coefficient (Wildman–Crippen LogP) is 2.68. The Bertz CT molecular complexity index is 502. The molecule has 1 atom stereocenters. The first-order chi connectivity index (χ1) is 9.60. The maximum absolute atomic E-state index is 11.7. The second-order valence-corrected chi connectivity index (χ2v) is 5.37. The molecule has 1 aromatic rings. The van der Waals surface area contributed by atoms with E-state index < -0.39 is 5.97 Å². The fourth-order valence-electron chi connectivity index (χ4n) is 3.00. The third-order valence-electron chi connectivity index (χ3n) is 4.12. The Hall–Kier alpha value is -1.65. The summed E-state index contributed by atoms with van der Waals surface area (Å²) in [5, 5.41) is 18.1. The SMILES string of the molecule is CCc1nnc(N2CCCCC2C)c(C(=O)O)c1CC. The average molecular weight is 277 g/mol. The van der Waals surface area contributed by atoms with Crippen molar-refractivity contribution in [2.24, 2.45) is 0 Å². The lowest BCUT2D eigenvalue weighted by Gasteiger charge is -2.35. The topological polar surface area (TPSA) is 66.3 Å². The second-order valence-electron chi connectivity index (χ2n) is 5.37. The van der Waals surface area contributed by atoms with Crippen LogP contribution in [-0.2, 0) is 12.8 Å². The molecule has 1 aromatic heterocycles. The summed E-state index contributed by atoms with van der Waals surface area (Å²) in [6.07, 6.45) is 4.75. The van der Waals surface area contributed by atoms with Gasteiger partial charge in [-0.2, -0.15) is 5.10 Å². The molecule has 5 heteroatoms. The molecular weight excluding hydrogens is 254 g/mol. The van der Waals surface area contributed by atoms with Crippen molar-refractivity contribution in [3.8, 4) is 0 Å². The Kier molecular flexibility index (Phi) is 4.57. The summed E-state index contributed by atoms with van der Waals surface area (Å²) < 4.78 is 0. The van der Waals surface area contributed by atoms with Gasteiger partial charge in [0.25, 0.3) is 0 Å². The zero-order chi connectivity index (χ0) is 14.7. The number of carboxylic acid groups (broad SMARTS) is 1. The lowest BCUT2D eigenvalue weighted by Crippen LogP contribution is -2.39. The molecule has 2 rings (SSSR count). The van der Waals surface area contributed by atoms with Crippen LogP contribution in [0.5, 0.6) is 0 Å². The van der Waals surface area contributed by atoms with Crippen LogP contribution in [0.15, 0.2) is 0 Å². The number of hydrogen-bond donors (Lipinski definition) is 1. The van der Waals surface area contributed by atoms with Crippen molar-refractivity contribution in [1.82, 2.24) is 10.2 Å². The fourth-order valence-corrected chi connectivity index (χ4v) is 3.00. The summed E-state index contributed by atoms with van der Waals surface area (Å²) in [4.78, 5) is 13.8. The summed E-state index contributed by atoms with van der Waals surface area (Å²) in [5.41, 5.74) is 1.99. The fraction of sp³-hybridized carbons (Fsp3) is 0.667. The Morgan fingerprint density at radius 3 is 2.60 bits per heavy atom. The van der Waals surface area contributed by atoms with Crippen LogP contribution in [0.1, 0.15) is 61.6 Å². The first-order valence-electron chi connectivity index (χ1n) is 7.48. The third kappa shape index (κ3) is 2.62. The summed E-state index contributed by atoms with van der Waals surface area (Å²) in [7, 11) is 0. The van der Waals surface area contributed by atoms with Gasteiger partial charge in [0.1, 0.15) is 5.56 Å². The van der Waals surface area contributed by atoms with Crippen LogP contribution in [0.3, 0.4) is 0 Å². The number of nitrogens with zero attached hydrogens (tertiary/aromatic N) is 3. The molecule has 0 bridgehead atoms. The molecule has 20 heavy (non-hydrogen) atoms. The van der Waals surface area contributed by atoms with Gasteiger partial charge in [0.2, 0.25) is 0 Å². The van der Waals surface area contributed by atoms with Crippen molar-refractivity contribution in [3.63, 3.8) is 0 Å². The Labute approximate surface area is 120 Å². The van der Waals surface area contributed by atoms with E-state index in [-0.39, 0.29) is 0 Å². The van der Waals surface area contributed by atoms with Gasteiger partial charge >= 0.3 is 5.97 Å². The third-order valence-corrected chi connectivity index (χ3v) is 4.12. The molecule has 2 heterocycles. The van der Waals surface area contributed by atoms with E-state index >= 15 is 0 Å². The Balaban J connectivity index is 2.54. The van der Waals surface area contributed by atoms with E-state index in [4.69, 9.17) is 0 Å². The van der Waals surface area contributed by atoms with E-state index in [0.717, 1.165) is 30.6 Å². The number of anilines is 1. The highest BCUT2D eigenvalue weighted by Crippen LogP contribution is 2.29. The minimum atomic E-state index is -0.890. The molecule has 0 spiro atoms. The second kappa shape index (κ2) is 6.20. The van der Waals surface area contributed by atoms with Gasteiger partial charge in [-0.3, -0.25) is 0 Å². The van der Waals surface area contributed by atoms with Gasteiger partial charge < -0.3 is 10.0 Å². The van der Waals surface area contributed by atoms with Crippen molar-refractivity contribution >= 4 is 11.8 Å². The van der Waals surface area contributed by atoms with Gasteiger partial charge in [-0.05, 0) is 44.6 Å². The van der Waals surface area contributed by atoms with Crippen LogP contribution in [0.4, 0.5) is 5.82 Å². The van der Waals surface area contributed by atoms with Crippen LogP contribution in [0, 0.1) is 0 Å². The van der Waals surface area contributed by atoms with Gasteiger partial charge in [0, 0.05) is 12.6 Å². The van der Waals surface area contributed by atoms with Crippen molar-refractivity contribution in [1.29, 1.82) is 0 Å². The molecule has 5 nitrogen and oxygen atoms in total. The number of hydrogen-bond acceptors (Lipinski definition) is 4. The standard InChI is InChI=1S/C15H23N3O2/c1-4-11-12(5-2)16-17-14(13(11)15(19)20)18-9-7-6-8-10(18)3/h10H,4-9H2,1-3H3,(H,19,20). The van der Waals surface area contributed by atoms with E-state index in [1.807, 2.05) is 13.8 Å². The summed E-state index contributed by atoms with van der Waals surface area (Å²) in [6, 6.07) is 0.327. The molecule has 0 radical (unpaired) electrons. The summed E-state index contributed by atoms with van der Waals surface area (Å²) in [5.74, 6) is -0.335. The molecule has 0 aromatic carbocycles. The first-order valence-corrected chi connectivity index (χ1v) is 7.48. The van der Waals surface area contributed by atoms with E-state index in [1.165, 1.54) is 6.42 Å². The highest BCUT2D eigenvalue weighted by molar-refractivity contribution is 5.95. The lowest BCUT2D eigenvalue weighted by molar-refractivity contribution is 0.0695. The van der Waals surface area contributed by atoms with E-state index in [0.29, 0.717) is 30.3 Å². The Morgan fingerprint density at radius 2 is 2.05 bits per heavy atom. The highest BCUT2D eigenvalue weighted by Gasteiger charge is 2.28. The van der Waals surface area contributed by atoms with Crippen LogP contribution in [0.2, 0.25) is 0 Å². The van der Waals surface area contributed by atoms with Crippen molar-refractivity contribution in [2.45, 2.75) is 58.9 Å². The predicted molar refractivity (Wildman–Crippen MR) is 78.4 cm³/mol. The molecule has 0 saturated carbocycles. The number of aryl methyl sites for hydroxylation is 1. The zero-order valence-corrected chi connectivity index (χ0v) is 12.5. The molecule has 1 fully saturated rings. The molecule has 1 aliphatic rings. The maximum atomic E-state index is 11.7. The number of carbonyl (C=O) groups is 1. The van der Waals surface area contributed by atoms with Crippen LogP contribution < -0.4 is 4.90 Å². The quantitative estimate of drug-likeness (QED) is 0.916. The first kappa shape index (κ1) is 14.8.